The molecule has 3 heterocycles. The first kappa shape index (κ1) is 27.4. The Labute approximate surface area is 235 Å². The molecule has 0 radical (unpaired) electrons. The standard InChI is InChI=1S/C29H31N5O5S/c1-19(2)17-39-29(37)32-25(21-11-7-4-8-12-21)27(36)34-13-14-38-18-22(34)26(35)30-24-16-33-15-23(40-28(33)31-24)20-9-5-3-6-10-20/h3-12,15-16,19,22,25H,13-14,17-18H2,1-2H3,(H,30,35)(H,32,37)/t22?,25-/m1/s1. The van der Waals surface area contributed by atoms with E-state index in [4.69, 9.17) is 9.47 Å². The van der Waals surface area contributed by atoms with Gasteiger partial charge in [0.25, 0.3) is 11.8 Å². The van der Waals surface area contributed by atoms with Gasteiger partial charge in [0.2, 0.25) is 0 Å². The normalized spacial score (nSPS) is 16.1. The molecule has 4 aromatic rings. The number of fused-ring (bicyclic) bond motifs is 1. The number of anilines is 1. The lowest BCUT2D eigenvalue weighted by molar-refractivity contribution is -0.148. The number of nitrogens with one attached hydrogen (secondary N) is 2. The van der Waals surface area contributed by atoms with Gasteiger partial charge in [-0.3, -0.25) is 14.0 Å². The summed E-state index contributed by atoms with van der Waals surface area (Å²) in [6.07, 6.45) is 3.01. The van der Waals surface area contributed by atoms with Crippen LogP contribution in [0.4, 0.5) is 10.6 Å². The van der Waals surface area contributed by atoms with Crippen LogP contribution in [0.25, 0.3) is 15.4 Å². The number of hydrogen-bond donors (Lipinski definition) is 2. The molecule has 11 heteroatoms. The fraction of sp³-hybridized carbons (Fsp3) is 0.310. The number of carbonyl (C=O) groups excluding carboxylic acids is 3. The van der Waals surface area contributed by atoms with Gasteiger partial charge >= 0.3 is 6.09 Å². The number of hydrogen-bond acceptors (Lipinski definition) is 7. The summed E-state index contributed by atoms with van der Waals surface area (Å²) in [4.78, 5) is 47.5. The Morgan fingerprint density at radius 3 is 2.50 bits per heavy atom. The first-order valence-electron chi connectivity index (χ1n) is 13.1. The maximum Gasteiger partial charge on any atom is 0.408 e. The van der Waals surface area contributed by atoms with E-state index in [1.807, 2.05) is 60.8 Å². The fourth-order valence-electron chi connectivity index (χ4n) is 4.39. The van der Waals surface area contributed by atoms with Gasteiger partial charge in [0.05, 0.1) is 30.9 Å². The van der Waals surface area contributed by atoms with Crippen LogP contribution in [0.3, 0.4) is 0 Å². The van der Waals surface area contributed by atoms with Gasteiger partial charge in [0.15, 0.2) is 10.8 Å². The van der Waals surface area contributed by atoms with Crippen LogP contribution in [-0.4, -0.2) is 64.6 Å². The predicted octanol–water partition coefficient (Wildman–Crippen LogP) is 4.35. The largest absolute Gasteiger partial charge is 0.449 e. The highest BCUT2D eigenvalue weighted by atomic mass is 32.1. The van der Waals surface area contributed by atoms with Crippen molar-refractivity contribution in [2.45, 2.75) is 25.9 Å². The molecule has 40 heavy (non-hydrogen) atoms. The summed E-state index contributed by atoms with van der Waals surface area (Å²) in [5.74, 6) is -0.318. The van der Waals surface area contributed by atoms with Crippen molar-refractivity contribution in [3.63, 3.8) is 0 Å². The molecule has 1 aliphatic heterocycles. The van der Waals surface area contributed by atoms with E-state index in [-0.39, 0.29) is 32.3 Å². The lowest BCUT2D eigenvalue weighted by Crippen LogP contribution is -2.57. The topological polar surface area (TPSA) is 114 Å². The van der Waals surface area contributed by atoms with Crippen LogP contribution in [-0.2, 0) is 19.1 Å². The molecule has 1 saturated heterocycles. The Kier molecular flexibility index (Phi) is 8.42. The molecule has 208 valence electrons. The zero-order valence-corrected chi connectivity index (χ0v) is 23.1. The first-order chi connectivity index (χ1) is 19.4. The summed E-state index contributed by atoms with van der Waals surface area (Å²) in [5, 5.41) is 5.52. The molecular formula is C29H31N5O5S. The van der Waals surface area contributed by atoms with E-state index in [1.54, 1.807) is 30.5 Å². The van der Waals surface area contributed by atoms with Gasteiger partial charge < -0.3 is 25.0 Å². The molecule has 2 atom stereocenters. The third-order valence-electron chi connectivity index (χ3n) is 6.37. The van der Waals surface area contributed by atoms with Crippen molar-refractivity contribution in [3.05, 3.63) is 78.6 Å². The number of ether oxygens (including phenoxy) is 2. The molecule has 5 rings (SSSR count). The van der Waals surface area contributed by atoms with Crippen molar-refractivity contribution in [1.82, 2.24) is 19.6 Å². The number of nitrogens with zero attached hydrogens (tertiary/aromatic N) is 3. The monoisotopic (exact) mass is 561 g/mol. The summed E-state index contributed by atoms with van der Waals surface area (Å²) < 4.78 is 12.7. The fourth-order valence-corrected chi connectivity index (χ4v) is 5.36. The van der Waals surface area contributed by atoms with Crippen molar-refractivity contribution < 1.29 is 23.9 Å². The van der Waals surface area contributed by atoms with Crippen molar-refractivity contribution in [1.29, 1.82) is 0 Å². The van der Waals surface area contributed by atoms with Gasteiger partial charge in [-0.05, 0) is 17.0 Å². The van der Waals surface area contributed by atoms with Gasteiger partial charge in [0, 0.05) is 12.7 Å². The molecule has 0 saturated carbocycles. The molecule has 1 aliphatic rings. The highest BCUT2D eigenvalue weighted by molar-refractivity contribution is 7.20. The van der Waals surface area contributed by atoms with E-state index in [9.17, 15) is 14.4 Å². The van der Waals surface area contributed by atoms with Crippen LogP contribution in [0.15, 0.2) is 73.1 Å². The van der Waals surface area contributed by atoms with E-state index < -0.39 is 30.0 Å². The summed E-state index contributed by atoms with van der Waals surface area (Å²) in [5.41, 5.74) is 1.68. The molecule has 3 amide bonds. The summed E-state index contributed by atoms with van der Waals surface area (Å²) in [6.45, 7) is 4.57. The molecule has 0 bridgehead atoms. The van der Waals surface area contributed by atoms with Crippen molar-refractivity contribution in [2.75, 3.05) is 31.7 Å². The number of benzene rings is 2. The molecular weight excluding hydrogens is 530 g/mol. The van der Waals surface area contributed by atoms with Crippen LogP contribution < -0.4 is 10.6 Å². The number of imidazole rings is 1. The van der Waals surface area contributed by atoms with Gasteiger partial charge in [0.1, 0.15) is 12.1 Å². The molecule has 10 nitrogen and oxygen atoms in total. The third-order valence-corrected chi connectivity index (χ3v) is 7.42. The Morgan fingerprint density at radius 1 is 1.07 bits per heavy atom. The minimum atomic E-state index is -1.02. The molecule has 1 unspecified atom stereocenters. The molecule has 0 aliphatic carbocycles. The zero-order valence-electron chi connectivity index (χ0n) is 22.3. The van der Waals surface area contributed by atoms with E-state index in [0.29, 0.717) is 11.4 Å². The van der Waals surface area contributed by atoms with Gasteiger partial charge in [-0.2, -0.15) is 0 Å². The Bertz CT molecular complexity index is 1440. The van der Waals surface area contributed by atoms with Crippen LogP contribution in [0.2, 0.25) is 0 Å². The van der Waals surface area contributed by atoms with Crippen molar-refractivity contribution >= 4 is 40.0 Å². The van der Waals surface area contributed by atoms with Crippen molar-refractivity contribution in [3.8, 4) is 10.4 Å². The highest BCUT2D eigenvalue weighted by Gasteiger charge is 2.38. The van der Waals surface area contributed by atoms with E-state index >= 15 is 0 Å². The van der Waals surface area contributed by atoms with E-state index in [1.165, 1.54) is 16.2 Å². The highest BCUT2D eigenvalue weighted by Crippen LogP contribution is 2.29. The number of rotatable bonds is 8. The minimum absolute atomic E-state index is 0.0251. The maximum atomic E-state index is 13.8. The van der Waals surface area contributed by atoms with Gasteiger partial charge in [-0.25, -0.2) is 9.78 Å². The van der Waals surface area contributed by atoms with Crippen LogP contribution in [0.1, 0.15) is 25.5 Å². The summed E-state index contributed by atoms with van der Waals surface area (Å²) in [6, 6.07) is 17.0. The lowest BCUT2D eigenvalue weighted by atomic mass is 10.0. The molecule has 0 spiro atoms. The Hall–Kier alpha value is -4.22. The van der Waals surface area contributed by atoms with E-state index in [0.717, 1.165) is 15.4 Å². The minimum Gasteiger partial charge on any atom is -0.449 e. The molecule has 1 fully saturated rings. The first-order valence-corrected chi connectivity index (χ1v) is 13.9. The van der Waals surface area contributed by atoms with Gasteiger partial charge in [-0.15, -0.1) is 0 Å². The Morgan fingerprint density at radius 2 is 1.80 bits per heavy atom. The molecule has 2 N–H and O–H groups in total. The summed E-state index contributed by atoms with van der Waals surface area (Å²) in [7, 11) is 0. The number of morpholine rings is 1. The smallest absolute Gasteiger partial charge is 0.408 e. The number of alkyl carbamates (subject to hydrolysis) is 1. The number of thiazole rings is 1. The van der Waals surface area contributed by atoms with Crippen LogP contribution >= 0.6 is 11.3 Å². The molecule has 2 aromatic carbocycles. The number of amides is 3. The third kappa shape index (κ3) is 6.32. The maximum absolute atomic E-state index is 13.8. The second-order valence-electron chi connectivity index (χ2n) is 9.87. The molecule has 2 aromatic heterocycles. The van der Waals surface area contributed by atoms with Crippen molar-refractivity contribution in [2.24, 2.45) is 5.92 Å². The van der Waals surface area contributed by atoms with E-state index in [2.05, 4.69) is 15.6 Å². The average Bonchev–Trinajstić information content (AvgIpc) is 3.54. The second-order valence-corrected chi connectivity index (χ2v) is 10.9. The lowest BCUT2D eigenvalue weighted by Gasteiger charge is -2.36. The summed E-state index contributed by atoms with van der Waals surface area (Å²) >= 11 is 1.51. The van der Waals surface area contributed by atoms with Crippen LogP contribution in [0.5, 0.6) is 0 Å². The number of aromatic nitrogens is 2. The SMILES string of the molecule is CC(C)COC(=O)N[C@@H](C(=O)N1CCOCC1C(=O)Nc1cn2cc(-c3ccccc3)sc2n1)c1ccccc1. The Balaban J connectivity index is 1.31. The zero-order chi connectivity index (χ0) is 28.1. The second kappa shape index (κ2) is 12.3. The quantitative estimate of drug-likeness (QED) is 0.331. The predicted molar refractivity (Wildman–Crippen MR) is 152 cm³/mol. The average molecular weight is 562 g/mol. The van der Waals surface area contributed by atoms with Crippen LogP contribution in [0, 0.1) is 5.92 Å². The number of carbonyl (C=O) groups is 3. The van der Waals surface area contributed by atoms with Gasteiger partial charge in [-0.1, -0.05) is 85.8 Å².